The molecule has 0 saturated heterocycles. The summed E-state index contributed by atoms with van der Waals surface area (Å²) in [4.78, 5) is 4.34. The van der Waals surface area contributed by atoms with Crippen LogP contribution in [0.4, 0.5) is 14.5 Å². The second-order valence-corrected chi connectivity index (χ2v) is 5.60. The van der Waals surface area contributed by atoms with Crippen LogP contribution in [0.3, 0.4) is 0 Å². The average molecular weight is 340 g/mol. The fourth-order valence-electron chi connectivity index (χ4n) is 1.93. The first kappa shape index (κ1) is 15.8. The van der Waals surface area contributed by atoms with Crippen LogP contribution in [0, 0.1) is 23.0 Å². The Bertz CT molecular complexity index is 926. The first-order valence-electron chi connectivity index (χ1n) is 6.87. The first-order chi connectivity index (χ1) is 11.7. The molecular formula is C17H10F2N4S. The number of hydrogen-bond acceptors (Lipinski definition) is 5. The summed E-state index contributed by atoms with van der Waals surface area (Å²) in [6.45, 7) is 0. The van der Waals surface area contributed by atoms with Crippen molar-refractivity contribution in [1.29, 1.82) is 5.26 Å². The SMILES string of the molecule is N#CC(=NNc1cccc(F)c1)c1nc(-c2ccc(F)cc2)cs1. The van der Waals surface area contributed by atoms with Crippen LogP contribution in [-0.2, 0) is 0 Å². The number of rotatable bonds is 4. The molecule has 0 aliphatic carbocycles. The predicted octanol–water partition coefficient (Wildman–Crippen LogP) is 4.43. The molecule has 3 aromatic rings. The van der Waals surface area contributed by atoms with E-state index in [9.17, 15) is 14.0 Å². The Balaban J connectivity index is 1.82. The van der Waals surface area contributed by atoms with Gasteiger partial charge in [0.05, 0.1) is 11.4 Å². The minimum atomic E-state index is -0.401. The van der Waals surface area contributed by atoms with E-state index in [0.29, 0.717) is 16.4 Å². The Morgan fingerprint density at radius 1 is 1.12 bits per heavy atom. The Kier molecular flexibility index (Phi) is 4.59. The minimum absolute atomic E-state index is 0.0811. The molecule has 0 radical (unpaired) electrons. The number of anilines is 1. The molecule has 0 unspecified atom stereocenters. The van der Waals surface area contributed by atoms with Gasteiger partial charge in [0.25, 0.3) is 0 Å². The van der Waals surface area contributed by atoms with E-state index in [-0.39, 0.29) is 11.5 Å². The summed E-state index contributed by atoms with van der Waals surface area (Å²) in [5.74, 6) is -0.727. The van der Waals surface area contributed by atoms with Gasteiger partial charge in [0.1, 0.15) is 17.7 Å². The maximum atomic E-state index is 13.1. The van der Waals surface area contributed by atoms with Crippen LogP contribution in [0.2, 0.25) is 0 Å². The van der Waals surface area contributed by atoms with Gasteiger partial charge in [-0.25, -0.2) is 13.8 Å². The topological polar surface area (TPSA) is 61.1 Å². The zero-order valence-corrected chi connectivity index (χ0v) is 13.0. The molecular weight excluding hydrogens is 330 g/mol. The van der Waals surface area contributed by atoms with Crippen molar-refractivity contribution in [2.24, 2.45) is 5.10 Å². The summed E-state index contributed by atoms with van der Waals surface area (Å²) in [7, 11) is 0. The van der Waals surface area contributed by atoms with Gasteiger partial charge in [0, 0.05) is 10.9 Å². The number of aromatic nitrogens is 1. The Morgan fingerprint density at radius 2 is 1.92 bits per heavy atom. The number of nitriles is 1. The summed E-state index contributed by atoms with van der Waals surface area (Å²) in [5.41, 5.74) is 4.52. The molecule has 7 heteroatoms. The standard InChI is InChI=1S/C17H10F2N4S/c18-12-6-4-11(5-7-12)16-10-24-17(21-16)15(9-20)23-22-14-3-1-2-13(19)8-14/h1-8,10,22H. The van der Waals surface area contributed by atoms with Crippen LogP contribution in [0.5, 0.6) is 0 Å². The van der Waals surface area contributed by atoms with Crippen LogP contribution >= 0.6 is 11.3 Å². The number of halogens is 2. The zero-order valence-electron chi connectivity index (χ0n) is 12.2. The zero-order chi connectivity index (χ0) is 16.9. The molecule has 0 fully saturated rings. The van der Waals surface area contributed by atoms with E-state index in [1.807, 2.05) is 6.07 Å². The number of thiazole rings is 1. The van der Waals surface area contributed by atoms with Gasteiger partial charge in [-0.15, -0.1) is 11.3 Å². The maximum absolute atomic E-state index is 13.1. The average Bonchev–Trinajstić information content (AvgIpc) is 3.06. The molecule has 0 aliphatic rings. The van der Waals surface area contributed by atoms with Crippen LogP contribution in [0.15, 0.2) is 59.0 Å². The van der Waals surface area contributed by atoms with Gasteiger partial charge in [0.2, 0.25) is 0 Å². The van der Waals surface area contributed by atoms with Gasteiger partial charge in [-0.05, 0) is 42.5 Å². The highest BCUT2D eigenvalue weighted by molar-refractivity contribution is 7.12. The number of hydrogen-bond donors (Lipinski definition) is 1. The molecule has 1 N–H and O–H groups in total. The van der Waals surface area contributed by atoms with Crippen molar-refractivity contribution in [2.75, 3.05) is 5.43 Å². The van der Waals surface area contributed by atoms with E-state index >= 15 is 0 Å². The highest BCUT2D eigenvalue weighted by Gasteiger charge is 2.10. The van der Waals surface area contributed by atoms with E-state index in [4.69, 9.17) is 0 Å². The molecule has 0 spiro atoms. The molecule has 0 aliphatic heterocycles. The monoisotopic (exact) mass is 340 g/mol. The van der Waals surface area contributed by atoms with Crippen LogP contribution < -0.4 is 5.43 Å². The largest absolute Gasteiger partial charge is 0.277 e. The summed E-state index contributed by atoms with van der Waals surface area (Å²) < 4.78 is 26.1. The molecule has 118 valence electrons. The number of nitrogens with zero attached hydrogens (tertiary/aromatic N) is 3. The van der Waals surface area contributed by atoms with E-state index in [2.05, 4.69) is 15.5 Å². The summed E-state index contributed by atoms with van der Waals surface area (Å²) in [6.07, 6.45) is 0. The fourth-order valence-corrected chi connectivity index (χ4v) is 2.70. The highest BCUT2D eigenvalue weighted by Crippen LogP contribution is 2.22. The molecule has 1 aromatic heterocycles. The van der Waals surface area contributed by atoms with Crippen molar-refractivity contribution in [3.05, 3.63) is 70.6 Å². The summed E-state index contributed by atoms with van der Waals surface area (Å²) >= 11 is 1.25. The van der Waals surface area contributed by atoms with E-state index < -0.39 is 5.82 Å². The van der Waals surface area contributed by atoms with Gasteiger partial charge >= 0.3 is 0 Å². The van der Waals surface area contributed by atoms with Gasteiger partial charge in [-0.3, -0.25) is 5.43 Å². The molecule has 0 amide bonds. The Labute approximate surface area is 140 Å². The lowest BCUT2D eigenvalue weighted by molar-refractivity contribution is 0.627. The lowest BCUT2D eigenvalue weighted by atomic mass is 10.2. The summed E-state index contributed by atoms with van der Waals surface area (Å²) in [6, 6.07) is 13.6. The first-order valence-corrected chi connectivity index (χ1v) is 7.75. The number of benzene rings is 2. The molecule has 3 rings (SSSR count). The van der Waals surface area contributed by atoms with Crippen LogP contribution in [0.25, 0.3) is 11.3 Å². The molecule has 0 atom stereocenters. The predicted molar refractivity (Wildman–Crippen MR) is 89.7 cm³/mol. The maximum Gasteiger partial charge on any atom is 0.196 e. The molecule has 4 nitrogen and oxygen atoms in total. The van der Waals surface area contributed by atoms with Crippen LogP contribution in [-0.4, -0.2) is 10.7 Å². The highest BCUT2D eigenvalue weighted by atomic mass is 32.1. The Hall–Kier alpha value is -3.11. The lowest BCUT2D eigenvalue weighted by Crippen LogP contribution is -2.01. The van der Waals surface area contributed by atoms with E-state index in [0.717, 1.165) is 5.56 Å². The second kappa shape index (κ2) is 6.98. The second-order valence-electron chi connectivity index (χ2n) is 4.74. The van der Waals surface area contributed by atoms with Crippen molar-refractivity contribution in [1.82, 2.24) is 4.98 Å². The fraction of sp³-hybridized carbons (Fsp3) is 0. The number of hydrazone groups is 1. The van der Waals surface area contributed by atoms with Crippen molar-refractivity contribution in [3.63, 3.8) is 0 Å². The third kappa shape index (κ3) is 3.62. The normalized spacial score (nSPS) is 11.1. The van der Waals surface area contributed by atoms with Gasteiger partial charge < -0.3 is 0 Å². The Morgan fingerprint density at radius 3 is 2.62 bits per heavy atom. The summed E-state index contributed by atoms with van der Waals surface area (Å²) in [5, 5.41) is 15.4. The third-order valence-electron chi connectivity index (χ3n) is 3.07. The van der Waals surface area contributed by atoms with Crippen molar-refractivity contribution in [3.8, 4) is 17.3 Å². The molecule has 2 aromatic carbocycles. The number of nitrogens with one attached hydrogen (secondary N) is 1. The van der Waals surface area contributed by atoms with Gasteiger partial charge in [-0.2, -0.15) is 10.4 Å². The smallest absolute Gasteiger partial charge is 0.196 e. The third-order valence-corrected chi connectivity index (χ3v) is 3.92. The van der Waals surface area contributed by atoms with Gasteiger partial charge in [-0.1, -0.05) is 6.07 Å². The van der Waals surface area contributed by atoms with E-state index in [1.165, 1.54) is 41.7 Å². The quantitative estimate of drug-likeness (QED) is 0.564. The van der Waals surface area contributed by atoms with E-state index in [1.54, 1.807) is 23.6 Å². The lowest BCUT2D eigenvalue weighted by Gasteiger charge is -2.00. The van der Waals surface area contributed by atoms with Crippen molar-refractivity contribution in [2.45, 2.75) is 0 Å². The van der Waals surface area contributed by atoms with Crippen LogP contribution in [0.1, 0.15) is 5.01 Å². The molecule has 1 heterocycles. The molecule has 24 heavy (non-hydrogen) atoms. The molecule has 0 bridgehead atoms. The molecule has 0 saturated carbocycles. The van der Waals surface area contributed by atoms with Crippen molar-refractivity contribution >= 4 is 22.7 Å². The van der Waals surface area contributed by atoms with Gasteiger partial charge in [0.15, 0.2) is 10.7 Å². The van der Waals surface area contributed by atoms with Crippen molar-refractivity contribution < 1.29 is 8.78 Å². The minimum Gasteiger partial charge on any atom is -0.277 e.